The fraction of sp³-hybridized carbons (Fsp3) is 0.579. The Hall–Kier alpha value is -1.51. The average molecular weight is 474 g/mol. The quantitative estimate of drug-likeness (QED) is 0.226. The molecule has 1 aromatic rings. The number of anilines is 1. The van der Waals surface area contributed by atoms with Gasteiger partial charge in [0.05, 0.1) is 13.0 Å². The molecule has 2 atom stereocenters. The van der Waals surface area contributed by atoms with Gasteiger partial charge in [-0.1, -0.05) is 25.1 Å². The van der Waals surface area contributed by atoms with Crippen LogP contribution in [0.4, 0.5) is 5.69 Å². The van der Waals surface area contributed by atoms with Gasteiger partial charge in [-0.25, -0.2) is 0 Å². The molecule has 26 heavy (non-hydrogen) atoms. The van der Waals surface area contributed by atoms with Crippen LogP contribution >= 0.6 is 24.0 Å². The fourth-order valence-electron chi connectivity index (χ4n) is 3.26. The number of aliphatic imine (C=N–C) groups is 1. The summed E-state index contributed by atoms with van der Waals surface area (Å²) < 4.78 is 4.90. The maximum absolute atomic E-state index is 11.8. The van der Waals surface area contributed by atoms with E-state index in [-0.39, 0.29) is 41.8 Å². The molecule has 1 fully saturated rings. The summed E-state index contributed by atoms with van der Waals surface area (Å²) in [5, 5.41) is 3.41. The molecule has 1 aromatic carbocycles. The van der Waals surface area contributed by atoms with Crippen molar-refractivity contribution in [3.63, 3.8) is 0 Å². The van der Waals surface area contributed by atoms with E-state index < -0.39 is 0 Å². The van der Waals surface area contributed by atoms with Crippen LogP contribution in [-0.2, 0) is 9.53 Å². The number of guanidine groups is 1. The van der Waals surface area contributed by atoms with Crippen LogP contribution in [0.5, 0.6) is 0 Å². The molecular formula is C19H31IN4O2. The molecule has 0 saturated carbocycles. The standard InChI is InChI=1S/C19H30N4O2.HI/c1-15-13-23(14-17(15)18(24)25-4)19(20-2)21-11-8-12-22(3)16-9-6-5-7-10-16;/h5-7,9-10,15,17H,8,11-14H2,1-4H3,(H,20,21);1H. The van der Waals surface area contributed by atoms with E-state index in [9.17, 15) is 4.79 Å². The highest BCUT2D eigenvalue weighted by Crippen LogP contribution is 2.24. The van der Waals surface area contributed by atoms with Crippen molar-refractivity contribution < 1.29 is 9.53 Å². The maximum atomic E-state index is 11.8. The molecule has 0 spiro atoms. The number of hydrogen-bond acceptors (Lipinski definition) is 4. The van der Waals surface area contributed by atoms with Crippen LogP contribution in [0.3, 0.4) is 0 Å². The third kappa shape index (κ3) is 6.03. The fourth-order valence-corrected chi connectivity index (χ4v) is 3.26. The molecule has 146 valence electrons. The van der Waals surface area contributed by atoms with Gasteiger partial charge in [-0.2, -0.15) is 0 Å². The minimum Gasteiger partial charge on any atom is -0.469 e. The lowest BCUT2D eigenvalue weighted by atomic mass is 9.99. The molecule has 2 rings (SSSR count). The highest BCUT2D eigenvalue weighted by molar-refractivity contribution is 14.0. The number of benzene rings is 1. The zero-order valence-corrected chi connectivity index (χ0v) is 18.5. The Morgan fingerprint density at radius 2 is 2.04 bits per heavy atom. The molecule has 2 unspecified atom stereocenters. The Kier molecular flexibility index (Phi) is 9.75. The minimum atomic E-state index is -0.130. The molecule has 1 saturated heterocycles. The molecule has 1 aliphatic rings. The Balaban J connectivity index is 0.00000338. The first-order valence-corrected chi connectivity index (χ1v) is 8.86. The average Bonchev–Trinajstić information content (AvgIpc) is 3.03. The molecule has 0 bridgehead atoms. The number of carbonyl (C=O) groups excluding carboxylic acids is 1. The van der Waals surface area contributed by atoms with Gasteiger partial charge < -0.3 is 19.9 Å². The van der Waals surface area contributed by atoms with Crippen molar-refractivity contribution in [2.45, 2.75) is 13.3 Å². The van der Waals surface area contributed by atoms with E-state index in [2.05, 4.69) is 58.3 Å². The molecule has 7 heteroatoms. The van der Waals surface area contributed by atoms with E-state index in [1.165, 1.54) is 12.8 Å². The molecule has 0 aliphatic carbocycles. The van der Waals surface area contributed by atoms with Crippen LogP contribution in [0.2, 0.25) is 0 Å². The van der Waals surface area contributed by atoms with Gasteiger partial charge in [0.15, 0.2) is 5.96 Å². The predicted molar refractivity (Wildman–Crippen MR) is 117 cm³/mol. The molecule has 1 heterocycles. The SMILES string of the molecule is CN=C(NCCCN(C)c1ccccc1)N1CC(C)C(C(=O)OC)C1.I. The molecule has 0 amide bonds. The smallest absolute Gasteiger partial charge is 0.310 e. The topological polar surface area (TPSA) is 57.2 Å². The van der Waals surface area contributed by atoms with E-state index in [4.69, 9.17) is 4.74 Å². The lowest BCUT2D eigenvalue weighted by molar-refractivity contribution is -0.145. The summed E-state index contributed by atoms with van der Waals surface area (Å²) in [6, 6.07) is 10.4. The summed E-state index contributed by atoms with van der Waals surface area (Å²) in [5.41, 5.74) is 1.22. The lowest BCUT2D eigenvalue weighted by Gasteiger charge is -2.23. The van der Waals surface area contributed by atoms with E-state index in [0.717, 1.165) is 32.0 Å². The second-order valence-electron chi connectivity index (χ2n) is 6.60. The van der Waals surface area contributed by atoms with Crippen LogP contribution in [-0.4, -0.2) is 64.2 Å². The van der Waals surface area contributed by atoms with Crippen molar-refractivity contribution >= 4 is 41.6 Å². The van der Waals surface area contributed by atoms with Gasteiger partial charge in [0.25, 0.3) is 0 Å². The summed E-state index contributed by atoms with van der Waals surface area (Å²) in [5.74, 6) is 0.929. The maximum Gasteiger partial charge on any atom is 0.310 e. The molecule has 1 N–H and O–H groups in total. The highest BCUT2D eigenvalue weighted by Gasteiger charge is 2.36. The predicted octanol–water partition coefficient (Wildman–Crippen LogP) is 2.45. The monoisotopic (exact) mass is 474 g/mol. The second-order valence-corrected chi connectivity index (χ2v) is 6.60. The van der Waals surface area contributed by atoms with Crippen molar-refractivity contribution in [2.24, 2.45) is 16.8 Å². The first-order chi connectivity index (χ1) is 12.1. The number of rotatable bonds is 6. The molecule has 6 nitrogen and oxygen atoms in total. The molecular weight excluding hydrogens is 443 g/mol. The Labute approximate surface area is 174 Å². The molecule has 0 radical (unpaired) electrons. The van der Waals surface area contributed by atoms with E-state index in [0.29, 0.717) is 6.54 Å². The van der Waals surface area contributed by atoms with Gasteiger partial charge in [-0.05, 0) is 24.5 Å². The zero-order valence-electron chi connectivity index (χ0n) is 16.1. The van der Waals surface area contributed by atoms with Crippen molar-refractivity contribution in [2.75, 3.05) is 52.3 Å². The van der Waals surface area contributed by atoms with Crippen molar-refractivity contribution in [3.8, 4) is 0 Å². The van der Waals surface area contributed by atoms with Gasteiger partial charge in [-0.15, -0.1) is 24.0 Å². The molecule has 0 aromatic heterocycles. The van der Waals surface area contributed by atoms with E-state index in [1.807, 2.05) is 6.07 Å². The van der Waals surface area contributed by atoms with Crippen molar-refractivity contribution in [1.29, 1.82) is 0 Å². The van der Waals surface area contributed by atoms with Gasteiger partial charge in [0.1, 0.15) is 0 Å². The van der Waals surface area contributed by atoms with Gasteiger partial charge in [-0.3, -0.25) is 9.79 Å². The Morgan fingerprint density at radius 1 is 1.35 bits per heavy atom. The lowest BCUT2D eigenvalue weighted by Crippen LogP contribution is -2.41. The van der Waals surface area contributed by atoms with E-state index >= 15 is 0 Å². The van der Waals surface area contributed by atoms with Gasteiger partial charge in [0.2, 0.25) is 0 Å². The normalized spacial score (nSPS) is 19.7. The summed E-state index contributed by atoms with van der Waals surface area (Å²) in [6.07, 6.45) is 1.01. The summed E-state index contributed by atoms with van der Waals surface area (Å²) in [4.78, 5) is 20.6. The second kappa shape index (κ2) is 11.3. The number of nitrogens with zero attached hydrogens (tertiary/aromatic N) is 3. The number of likely N-dealkylation sites (tertiary alicyclic amines) is 1. The molecule has 1 aliphatic heterocycles. The number of esters is 1. The number of halogens is 1. The van der Waals surface area contributed by atoms with Crippen LogP contribution in [0.1, 0.15) is 13.3 Å². The number of carbonyl (C=O) groups is 1. The summed E-state index contributed by atoms with van der Waals surface area (Å²) in [6.45, 7) is 5.39. The number of ether oxygens (including phenoxy) is 1. The third-order valence-electron chi connectivity index (χ3n) is 4.78. The van der Waals surface area contributed by atoms with Crippen LogP contribution in [0, 0.1) is 11.8 Å². The van der Waals surface area contributed by atoms with Gasteiger partial charge in [0, 0.05) is 46.0 Å². The summed E-state index contributed by atoms with van der Waals surface area (Å²) >= 11 is 0. The van der Waals surface area contributed by atoms with E-state index in [1.54, 1.807) is 7.05 Å². The van der Waals surface area contributed by atoms with Crippen LogP contribution < -0.4 is 10.2 Å². The van der Waals surface area contributed by atoms with Crippen molar-refractivity contribution in [1.82, 2.24) is 10.2 Å². The Bertz CT molecular complexity index is 582. The zero-order chi connectivity index (χ0) is 18.2. The van der Waals surface area contributed by atoms with Crippen LogP contribution in [0.15, 0.2) is 35.3 Å². The first-order valence-electron chi connectivity index (χ1n) is 8.86. The highest BCUT2D eigenvalue weighted by atomic mass is 127. The Morgan fingerprint density at radius 3 is 2.65 bits per heavy atom. The van der Waals surface area contributed by atoms with Crippen LogP contribution in [0.25, 0.3) is 0 Å². The third-order valence-corrected chi connectivity index (χ3v) is 4.78. The number of para-hydroxylation sites is 1. The first kappa shape index (κ1) is 22.5. The summed E-state index contributed by atoms with van der Waals surface area (Å²) in [7, 11) is 5.34. The number of methoxy groups -OCH3 is 1. The largest absolute Gasteiger partial charge is 0.469 e. The number of nitrogens with one attached hydrogen (secondary N) is 1. The van der Waals surface area contributed by atoms with Crippen molar-refractivity contribution in [3.05, 3.63) is 30.3 Å². The van der Waals surface area contributed by atoms with Gasteiger partial charge >= 0.3 is 5.97 Å². The number of hydrogen-bond donors (Lipinski definition) is 1. The minimum absolute atomic E-state index is 0.